The van der Waals surface area contributed by atoms with Crippen molar-refractivity contribution in [1.82, 2.24) is 14.9 Å². The summed E-state index contributed by atoms with van der Waals surface area (Å²) in [6.07, 6.45) is 0.609. The molecule has 0 unspecified atom stereocenters. The summed E-state index contributed by atoms with van der Waals surface area (Å²) in [5.74, 6) is 7.37. The molecule has 2 aromatic rings. The number of benzene rings is 1. The molecule has 3 N–H and O–H groups in total. The van der Waals surface area contributed by atoms with Crippen LogP contribution in [0.25, 0.3) is 0 Å². The lowest BCUT2D eigenvalue weighted by molar-refractivity contribution is 0.475. The molecule has 1 aromatic heterocycles. The summed E-state index contributed by atoms with van der Waals surface area (Å²) in [7, 11) is 0. The molecule has 0 aliphatic rings. The maximum Gasteiger partial charge on any atom is 0.156 e. The number of nitrogens with two attached hydrogens (primary N) is 1. The Kier molecular flexibility index (Phi) is 2.29. The molecule has 0 radical (unpaired) electrons. The Bertz CT molecular complexity index is 461. The summed E-state index contributed by atoms with van der Waals surface area (Å²) >= 11 is 0. The maximum absolute atomic E-state index is 9.12. The number of aromatic hydroxyl groups is 1. The van der Waals surface area contributed by atoms with E-state index in [2.05, 4.69) is 10.2 Å². The van der Waals surface area contributed by atoms with Crippen LogP contribution in [0.2, 0.25) is 0 Å². The van der Waals surface area contributed by atoms with Gasteiger partial charge in [0.25, 0.3) is 0 Å². The molecule has 1 aromatic carbocycles. The number of aryl methyl sites for hydroxylation is 1. The molecule has 0 bridgehead atoms. The quantitative estimate of drug-likeness (QED) is 0.702. The molecule has 5 heteroatoms. The molecule has 15 heavy (non-hydrogen) atoms. The monoisotopic (exact) mass is 204 g/mol. The molecule has 0 saturated carbocycles. The predicted octanol–water partition coefficient (Wildman–Crippen LogP) is 0.597. The normalized spacial score (nSPS) is 10.5. The third-order valence-electron chi connectivity index (χ3n) is 2.24. The lowest BCUT2D eigenvalue weighted by atomic mass is 10.1. The molecule has 5 nitrogen and oxygen atoms in total. The highest BCUT2D eigenvalue weighted by atomic mass is 16.3. The molecule has 0 aliphatic carbocycles. The van der Waals surface area contributed by atoms with Crippen LogP contribution >= 0.6 is 0 Å². The van der Waals surface area contributed by atoms with Crippen molar-refractivity contribution in [2.24, 2.45) is 0 Å². The van der Waals surface area contributed by atoms with E-state index in [0.717, 1.165) is 5.56 Å². The second-order valence-corrected chi connectivity index (χ2v) is 3.38. The third kappa shape index (κ3) is 1.90. The highest BCUT2D eigenvalue weighted by Crippen LogP contribution is 2.12. The number of aromatic nitrogens is 3. The van der Waals surface area contributed by atoms with Crippen LogP contribution in [0.4, 0.5) is 0 Å². The Labute approximate surface area is 87.1 Å². The van der Waals surface area contributed by atoms with Crippen molar-refractivity contribution in [2.75, 3.05) is 5.84 Å². The van der Waals surface area contributed by atoms with E-state index < -0.39 is 0 Å². The summed E-state index contributed by atoms with van der Waals surface area (Å²) in [6, 6.07) is 6.94. The molecule has 2 rings (SSSR count). The first-order valence-electron chi connectivity index (χ1n) is 4.60. The lowest BCUT2D eigenvalue weighted by Crippen LogP contribution is -2.14. The first-order chi connectivity index (χ1) is 7.16. The molecule has 0 atom stereocenters. The van der Waals surface area contributed by atoms with Crippen LogP contribution in [0, 0.1) is 6.92 Å². The molecular formula is C10H12N4O. The summed E-state index contributed by atoms with van der Waals surface area (Å²) in [6.45, 7) is 1.80. The van der Waals surface area contributed by atoms with Crippen molar-refractivity contribution in [3.63, 3.8) is 0 Å². The van der Waals surface area contributed by atoms with Gasteiger partial charge in [-0.15, -0.1) is 10.2 Å². The Hall–Kier alpha value is -2.04. The van der Waals surface area contributed by atoms with Gasteiger partial charge >= 0.3 is 0 Å². The fourth-order valence-corrected chi connectivity index (χ4v) is 1.33. The first kappa shape index (κ1) is 9.51. The van der Waals surface area contributed by atoms with Crippen molar-refractivity contribution in [3.05, 3.63) is 41.5 Å². The van der Waals surface area contributed by atoms with Crippen molar-refractivity contribution in [1.29, 1.82) is 0 Å². The summed E-state index contributed by atoms with van der Waals surface area (Å²) in [5, 5.41) is 17.0. The zero-order valence-electron chi connectivity index (χ0n) is 8.38. The van der Waals surface area contributed by atoms with Crippen LogP contribution in [-0.4, -0.2) is 20.0 Å². The van der Waals surface area contributed by atoms with Gasteiger partial charge in [-0.1, -0.05) is 12.1 Å². The zero-order chi connectivity index (χ0) is 10.8. The highest BCUT2D eigenvalue weighted by Gasteiger charge is 2.06. The van der Waals surface area contributed by atoms with Crippen LogP contribution in [0.15, 0.2) is 24.3 Å². The van der Waals surface area contributed by atoms with E-state index >= 15 is 0 Å². The van der Waals surface area contributed by atoms with Gasteiger partial charge in [-0.2, -0.15) is 0 Å². The van der Waals surface area contributed by atoms with Gasteiger partial charge in [-0.25, -0.2) is 4.68 Å². The van der Waals surface area contributed by atoms with Gasteiger partial charge in [0.05, 0.1) is 0 Å². The average Bonchev–Trinajstić information content (AvgIpc) is 2.53. The fourth-order valence-electron chi connectivity index (χ4n) is 1.33. The Morgan fingerprint density at radius 3 is 2.47 bits per heavy atom. The maximum atomic E-state index is 9.12. The number of hydrogen-bond donors (Lipinski definition) is 2. The number of phenolic OH excluding ortho intramolecular Hbond substituents is 1. The molecule has 0 spiro atoms. The summed E-state index contributed by atoms with van der Waals surface area (Å²) < 4.78 is 1.47. The number of nitrogens with zero attached hydrogens (tertiary/aromatic N) is 3. The lowest BCUT2D eigenvalue weighted by Gasteiger charge is -2.01. The third-order valence-corrected chi connectivity index (χ3v) is 2.24. The first-order valence-corrected chi connectivity index (χ1v) is 4.60. The van der Waals surface area contributed by atoms with E-state index in [-0.39, 0.29) is 5.75 Å². The predicted molar refractivity (Wildman–Crippen MR) is 55.8 cm³/mol. The van der Waals surface area contributed by atoms with Crippen molar-refractivity contribution < 1.29 is 5.11 Å². The standard InChI is InChI=1S/C10H12N4O/c1-7-12-13-10(14(7)11)6-8-2-4-9(15)5-3-8/h2-5,15H,6,11H2,1H3. The Balaban J connectivity index is 2.22. The van der Waals surface area contributed by atoms with Crippen molar-refractivity contribution in [2.45, 2.75) is 13.3 Å². The number of phenols is 1. The van der Waals surface area contributed by atoms with Crippen LogP contribution in [0.1, 0.15) is 17.2 Å². The molecule has 0 saturated heterocycles. The van der Waals surface area contributed by atoms with Crippen LogP contribution < -0.4 is 5.84 Å². The fraction of sp³-hybridized carbons (Fsp3) is 0.200. The van der Waals surface area contributed by atoms with Crippen molar-refractivity contribution in [3.8, 4) is 5.75 Å². The van der Waals surface area contributed by atoms with Crippen molar-refractivity contribution >= 4 is 0 Å². The average molecular weight is 204 g/mol. The van der Waals surface area contributed by atoms with Gasteiger partial charge in [0.1, 0.15) is 11.6 Å². The minimum absolute atomic E-state index is 0.254. The molecule has 0 fully saturated rings. The smallest absolute Gasteiger partial charge is 0.156 e. The minimum Gasteiger partial charge on any atom is -0.508 e. The van der Waals surface area contributed by atoms with Crippen LogP contribution in [0.3, 0.4) is 0 Å². The molecular weight excluding hydrogens is 192 g/mol. The molecule has 0 amide bonds. The van der Waals surface area contributed by atoms with E-state index in [0.29, 0.717) is 18.1 Å². The topological polar surface area (TPSA) is 77.0 Å². The number of nitrogen functional groups attached to an aromatic ring is 1. The Morgan fingerprint density at radius 2 is 1.93 bits per heavy atom. The SMILES string of the molecule is Cc1nnc(Cc2ccc(O)cc2)n1N. The second-order valence-electron chi connectivity index (χ2n) is 3.38. The van der Waals surface area contributed by atoms with E-state index in [1.165, 1.54) is 4.68 Å². The van der Waals surface area contributed by atoms with E-state index in [1.54, 1.807) is 19.1 Å². The molecule has 1 heterocycles. The van der Waals surface area contributed by atoms with Crippen LogP contribution in [-0.2, 0) is 6.42 Å². The summed E-state index contributed by atoms with van der Waals surface area (Å²) in [5.41, 5.74) is 1.03. The van der Waals surface area contributed by atoms with E-state index in [9.17, 15) is 0 Å². The Morgan fingerprint density at radius 1 is 1.27 bits per heavy atom. The van der Waals surface area contributed by atoms with Gasteiger partial charge in [-0.05, 0) is 24.6 Å². The van der Waals surface area contributed by atoms with E-state index in [1.807, 2.05) is 12.1 Å². The number of rotatable bonds is 2. The zero-order valence-corrected chi connectivity index (χ0v) is 8.38. The van der Waals surface area contributed by atoms with Gasteiger partial charge < -0.3 is 10.9 Å². The van der Waals surface area contributed by atoms with Gasteiger partial charge in [-0.3, -0.25) is 0 Å². The van der Waals surface area contributed by atoms with E-state index in [4.69, 9.17) is 10.9 Å². The largest absolute Gasteiger partial charge is 0.508 e. The summed E-state index contributed by atoms with van der Waals surface area (Å²) in [4.78, 5) is 0. The van der Waals surface area contributed by atoms with Crippen LogP contribution in [0.5, 0.6) is 5.75 Å². The highest BCUT2D eigenvalue weighted by molar-refractivity contribution is 5.27. The van der Waals surface area contributed by atoms with Gasteiger partial charge in [0, 0.05) is 6.42 Å². The molecule has 0 aliphatic heterocycles. The van der Waals surface area contributed by atoms with Gasteiger partial charge in [0.2, 0.25) is 0 Å². The minimum atomic E-state index is 0.254. The number of hydrogen-bond acceptors (Lipinski definition) is 4. The van der Waals surface area contributed by atoms with Gasteiger partial charge in [0.15, 0.2) is 5.82 Å². The molecule has 78 valence electrons. The second kappa shape index (κ2) is 3.61.